The van der Waals surface area contributed by atoms with Gasteiger partial charge < -0.3 is 19.2 Å². The molecule has 1 fully saturated rings. The van der Waals surface area contributed by atoms with Crippen LogP contribution in [-0.4, -0.2) is 29.1 Å². The van der Waals surface area contributed by atoms with Crippen LogP contribution in [0.15, 0.2) is 57.7 Å². The van der Waals surface area contributed by atoms with E-state index in [0.717, 1.165) is 24.5 Å². The molecule has 0 atom stereocenters. The molecular weight excluding hydrogens is 380 g/mol. The topological polar surface area (TPSA) is 84.4 Å². The molecule has 7 heteroatoms. The van der Waals surface area contributed by atoms with Gasteiger partial charge in [0.1, 0.15) is 5.69 Å². The molecule has 152 valence electrons. The number of hydrogen-bond donors (Lipinski definition) is 1. The Labute approximate surface area is 173 Å². The molecule has 0 radical (unpaired) electrons. The fourth-order valence-corrected chi connectivity index (χ4v) is 4.00. The highest BCUT2D eigenvalue weighted by Gasteiger charge is 2.22. The first-order valence-corrected chi connectivity index (χ1v) is 10.2. The SMILES string of the molecule is Cc1noc2nc(-c3ccco3)cc(C(=O)Nc3ccccc3N3CCCCC3)c12. The highest BCUT2D eigenvalue weighted by molar-refractivity contribution is 6.13. The Bertz CT molecular complexity index is 1190. The van der Waals surface area contributed by atoms with E-state index in [-0.39, 0.29) is 5.91 Å². The largest absolute Gasteiger partial charge is 0.463 e. The van der Waals surface area contributed by atoms with Crippen molar-refractivity contribution in [2.24, 2.45) is 0 Å². The highest BCUT2D eigenvalue weighted by Crippen LogP contribution is 2.31. The van der Waals surface area contributed by atoms with Crippen molar-refractivity contribution in [3.63, 3.8) is 0 Å². The van der Waals surface area contributed by atoms with E-state index in [1.165, 1.54) is 19.3 Å². The molecule has 0 aliphatic carbocycles. The second-order valence-electron chi connectivity index (χ2n) is 7.50. The van der Waals surface area contributed by atoms with Gasteiger partial charge in [-0.1, -0.05) is 17.3 Å². The Kier molecular flexibility index (Phi) is 4.71. The van der Waals surface area contributed by atoms with Crippen LogP contribution in [-0.2, 0) is 0 Å². The van der Waals surface area contributed by atoms with Crippen molar-refractivity contribution in [1.29, 1.82) is 0 Å². The van der Waals surface area contributed by atoms with Crippen LogP contribution in [0.5, 0.6) is 0 Å². The quantitative estimate of drug-likeness (QED) is 0.515. The zero-order valence-corrected chi connectivity index (χ0v) is 16.7. The molecule has 0 bridgehead atoms. The summed E-state index contributed by atoms with van der Waals surface area (Å²) in [7, 11) is 0. The predicted octanol–water partition coefficient (Wildman–Crippen LogP) is 5.03. The molecule has 4 aromatic rings. The number of benzene rings is 1. The summed E-state index contributed by atoms with van der Waals surface area (Å²) >= 11 is 0. The summed E-state index contributed by atoms with van der Waals surface area (Å²) in [5.41, 5.74) is 3.76. The summed E-state index contributed by atoms with van der Waals surface area (Å²) in [6.45, 7) is 3.80. The van der Waals surface area contributed by atoms with E-state index >= 15 is 0 Å². The number of furan rings is 1. The number of hydrogen-bond acceptors (Lipinski definition) is 6. The zero-order chi connectivity index (χ0) is 20.5. The van der Waals surface area contributed by atoms with Crippen molar-refractivity contribution in [3.8, 4) is 11.5 Å². The van der Waals surface area contributed by atoms with Gasteiger partial charge in [0.15, 0.2) is 5.76 Å². The predicted molar refractivity (Wildman–Crippen MR) is 115 cm³/mol. The number of nitrogens with one attached hydrogen (secondary N) is 1. The normalized spacial score (nSPS) is 14.2. The second kappa shape index (κ2) is 7.67. The van der Waals surface area contributed by atoms with Crippen LogP contribution in [0, 0.1) is 6.92 Å². The van der Waals surface area contributed by atoms with Gasteiger partial charge in [0.25, 0.3) is 11.6 Å². The Hall–Kier alpha value is -3.61. The molecule has 1 aliphatic heterocycles. The number of carbonyl (C=O) groups excluding carboxylic acids is 1. The number of nitrogens with zero attached hydrogens (tertiary/aromatic N) is 3. The minimum Gasteiger partial charge on any atom is -0.463 e. The Balaban J connectivity index is 1.54. The summed E-state index contributed by atoms with van der Waals surface area (Å²) in [5.74, 6) is 0.333. The van der Waals surface area contributed by atoms with Crippen molar-refractivity contribution in [3.05, 3.63) is 60.0 Å². The number of fused-ring (bicyclic) bond motifs is 1. The first-order valence-electron chi connectivity index (χ1n) is 10.2. The molecule has 1 saturated heterocycles. The van der Waals surface area contributed by atoms with Gasteiger partial charge in [-0.25, -0.2) is 4.98 Å². The molecule has 1 amide bonds. The number of carbonyl (C=O) groups is 1. The van der Waals surface area contributed by atoms with Gasteiger partial charge in [-0.2, -0.15) is 0 Å². The summed E-state index contributed by atoms with van der Waals surface area (Å²) in [5, 5.41) is 7.71. The summed E-state index contributed by atoms with van der Waals surface area (Å²) in [6.07, 6.45) is 5.16. The lowest BCUT2D eigenvalue weighted by Crippen LogP contribution is -2.30. The van der Waals surface area contributed by atoms with E-state index in [1.807, 2.05) is 18.2 Å². The molecule has 0 spiro atoms. The molecule has 0 saturated carbocycles. The molecule has 7 nitrogen and oxygen atoms in total. The van der Waals surface area contributed by atoms with E-state index in [1.54, 1.807) is 31.4 Å². The molecule has 0 unspecified atom stereocenters. The molecule has 4 heterocycles. The number of piperidine rings is 1. The Morgan fingerprint density at radius 3 is 2.73 bits per heavy atom. The van der Waals surface area contributed by atoms with Gasteiger partial charge in [-0.15, -0.1) is 0 Å². The zero-order valence-electron chi connectivity index (χ0n) is 16.7. The van der Waals surface area contributed by atoms with Gasteiger partial charge >= 0.3 is 0 Å². The van der Waals surface area contributed by atoms with Crippen LogP contribution in [0.4, 0.5) is 11.4 Å². The van der Waals surface area contributed by atoms with E-state index in [2.05, 4.69) is 26.4 Å². The minimum absolute atomic E-state index is 0.231. The molecule has 1 aliphatic rings. The van der Waals surface area contributed by atoms with E-state index in [9.17, 15) is 4.79 Å². The molecule has 5 rings (SSSR count). The molecule has 30 heavy (non-hydrogen) atoms. The fourth-order valence-electron chi connectivity index (χ4n) is 4.00. The molecular formula is C23H22N4O3. The van der Waals surface area contributed by atoms with E-state index in [0.29, 0.717) is 33.8 Å². The monoisotopic (exact) mass is 402 g/mol. The minimum atomic E-state index is -0.231. The van der Waals surface area contributed by atoms with Crippen molar-refractivity contribution in [2.75, 3.05) is 23.3 Å². The standard InChI is InChI=1S/C23H22N4O3/c1-15-21-16(14-18(20-10-7-13-29-20)25-23(21)30-26-15)22(28)24-17-8-3-4-9-19(17)27-11-5-2-6-12-27/h3-4,7-10,13-14H,2,5-6,11-12H2,1H3,(H,24,28). The van der Waals surface area contributed by atoms with Gasteiger partial charge in [0, 0.05) is 13.1 Å². The molecule has 1 aromatic carbocycles. The average molecular weight is 402 g/mol. The van der Waals surface area contributed by atoms with Crippen molar-refractivity contribution in [2.45, 2.75) is 26.2 Å². The van der Waals surface area contributed by atoms with Crippen molar-refractivity contribution >= 4 is 28.4 Å². The number of pyridine rings is 1. The first kappa shape index (κ1) is 18.4. The van der Waals surface area contributed by atoms with E-state index in [4.69, 9.17) is 8.94 Å². The second-order valence-corrected chi connectivity index (χ2v) is 7.50. The van der Waals surface area contributed by atoms with Gasteiger partial charge in [-0.3, -0.25) is 4.79 Å². The number of para-hydroxylation sites is 2. The van der Waals surface area contributed by atoms with Crippen LogP contribution in [0.1, 0.15) is 35.3 Å². The van der Waals surface area contributed by atoms with Crippen LogP contribution >= 0.6 is 0 Å². The third-order valence-electron chi connectivity index (χ3n) is 5.48. The number of anilines is 2. The fraction of sp³-hybridized carbons (Fsp3) is 0.261. The lowest BCUT2D eigenvalue weighted by Gasteiger charge is -2.30. The maximum absolute atomic E-state index is 13.4. The van der Waals surface area contributed by atoms with Crippen LogP contribution < -0.4 is 10.2 Å². The van der Waals surface area contributed by atoms with Crippen LogP contribution in [0.2, 0.25) is 0 Å². The van der Waals surface area contributed by atoms with Gasteiger partial charge in [0.2, 0.25) is 0 Å². The number of aromatic nitrogens is 2. The lowest BCUT2D eigenvalue weighted by molar-refractivity contribution is 0.102. The Morgan fingerprint density at radius 1 is 1.10 bits per heavy atom. The third-order valence-corrected chi connectivity index (χ3v) is 5.48. The highest BCUT2D eigenvalue weighted by atomic mass is 16.5. The number of amides is 1. The molecule has 1 N–H and O–H groups in total. The van der Waals surface area contributed by atoms with Gasteiger partial charge in [0.05, 0.1) is 34.3 Å². The van der Waals surface area contributed by atoms with Crippen molar-refractivity contribution < 1.29 is 13.7 Å². The maximum Gasteiger partial charge on any atom is 0.259 e. The van der Waals surface area contributed by atoms with Crippen LogP contribution in [0.25, 0.3) is 22.6 Å². The van der Waals surface area contributed by atoms with Crippen LogP contribution in [0.3, 0.4) is 0 Å². The Morgan fingerprint density at radius 2 is 1.93 bits per heavy atom. The summed E-state index contributed by atoms with van der Waals surface area (Å²) < 4.78 is 10.8. The average Bonchev–Trinajstić information content (AvgIpc) is 3.45. The first-order chi connectivity index (χ1) is 14.7. The number of aryl methyl sites for hydroxylation is 1. The molecule has 3 aromatic heterocycles. The van der Waals surface area contributed by atoms with E-state index < -0.39 is 0 Å². The van der Waals surface area contributed by atoms with Crippen molar-refractivity contribution in [1.82, 2.24) is 10.1 Å². The number of rotatable bonds is 4. The summed E-state index contributed by atoms with van der Waals surface area (Å²) in [6, 6.07) is 13.2. The summed E-state index contributed by atoms with van der Waals surface area (Å²) in [4.78, 5) is 20.2. The maximum atomic E-state index is 13.4. The lowest BCUT2D eigenvalue weighted by atomic mass is 10.1. The smallest absolute Gasteiger partial charge is 0.259 e. The third kappa shape index (κ3) is 3.32. The van der Waals surface area contributed by atoms with Gasteiger partial charge in [-0.05, 0) is 56.5 Å².